The Bertz CT molecular complexity index is 882. The van der Waals surface area contributed by atoms with Gasteiger partial charge in [0.1, 0.15) is 5.82 Å². The maximum atomic E-state index is 12.6. The largest absolute Gasteiger partial charge is 0.310 e. The number of hydrogen-bond acceptors (Lipinski definition) is 4. The quantitative estimate of drug-likeness (QED) is 0.479. The molecule has 1 amide bonds. The van der Waals surface area contributed by atoms with E-state index in [1.54, 1.807) is 24.3 Å². The fraction of sp³-hybridized carbons (Fsp3) is 0.188. The number of H-pyrrole nitrogens is 1. The molecule has 1 aliphatic rings. The van der Waals surface area contributed by atoms with Gasteiger partial charge in [0.2, 0.25) is 5.91 Å². The Morgan fingerprint density at radius 1 is 1.38 bits per heavy atom. The lowest BCUT2D eigenvalue weighted by molar-refractivity contribution is -0.116. The second-order valence-corrected chi connectivity index (χ2v) is 6.97. The number of halogens is 2. The van der Waals surface area contributed by atoms with Crippen molar-refractivity contribution in [2.75, 3.05) is 11.1 Å². The molecule has 0 fully saturated rings. The normalized spacial score (nSPS) is 16.4. The molecule has 0 saturated heterocycles. The molecule has 3 rings (SSSR count). The summed E-state index contributed by atoms with van der Waals surface area (Å²) >= 11 is 13.7. The van der Waals surface area contributed by atoms with Gasteiger partial charge in [-0.3, -0.25) is 9.59 Å². The average molecular weight is 382 g/mol. The number of aromatic nitrogens is 2. The number of carbonyl (C=O) groups is 1. The Morgan fingerprint density at radius 3 is 2.92 bits per heavy atom. The molecule has 24 heavy (non-hydrogen) atoms. The van der Waals surface area contributed by atoms with Crippen molar-refractivity contribution in [1.82, 2.24) is 9.97 Å². The van der Waals surface area contributed by atoms with Crippen molar-refractivity contribution in [3.8, 4) is 0 Å². The fourth-order valence-corrected chi connectivity index (χ4v) is 3.65. The third-order valence-electron chi connectivity index (χ3n) is 3.62. The maximum absolute atomic E-state index is 12.6. The van der Waals surface area contributed by atoms with Crippen LogP contribution in [-0.4, -0.2) is 21.6 Å². The lowest BCUT2D eigenvalue weighted by atomic mass is 9.87. The molecule has 0 saturated carbocycles. The van der Waals surface area contributed by atoms with E-state index in [1.165, 1.54) is 11.8 Å². The van der Waals surface area contributed by atoms with E-state index in [0.717, 1.165) is 0 Å². The molecule has 0 radical (unpaired) electrons. The van der Waals surface area contributed by atoms with Gasteiger partial charge in [0.25, 0.3) is 5.56 Å². The van der Waals surface area contributed by atoms with Gasteiger partial charge in [-0.05, 0) is 11.6 Å². The van der Waals surface area contributed by atoms with Crippen molar-refractivity contribution < 1.29 is 4.79 Å². The van der Waals surface area contributed by atoms with Gasteiger partial charge in [0.05, 0.1) is 15.6 Å². The highest BCUT2D eigenvalue weighted by Gasteiger charge is 2.32. The lowest BCUT2D eigenvalue weighted by Crippen LogP contribution is -2.31. The summed E-state index contributed by atoms with van der Waals surface area (Å²) in [4.78, 5) is 31.7. The summed E-state index contributed by atoms with van der Waals surface area (Å²) < 4.78 is 0. The molecule has 0 spiro atoms. The van der Waals surface area contributed by atoms with E-state index in [0.29, 0.717) is 32.1 Å². The van der Waals surface area contributed by atoms with Crippen molar-refractivity contribution in [2.24, 2.45) is 0 Å². The zero-order chi connectivity index (χ0) is 17.3. The minimum absolute atomic E-state index is 0.108. The summed E-state index contributed by atoms with van der Waals surface area (Å²) in [5, 5.41) is 3.81. The van der Waals surface area contributed by atoms with Gasteiger partial charge >= 0.3 is 0 Å². The molecule has 2 aromatic rings. The summed E-state index contributed by atoms with van der Waals surface area (Å²) in [6.45, 7) is 3.63. The number of nitrogens with one attached hydrogen (secondary N) is 2. The van der Waals surface area contributed by atoms with Crippen LogP contribution in [0.3, 0.4) is 0 Å². The zero-order valence-corrected chi connectivity index (χ0v) is 14.8. The molecule has 1 unspecified atom stereocenters. The summed E-state index contributed by atoms with van der Waals surface area (Å²) in [7, 11) is 0. The smallest absolute Gasteiger partial charge is 0.257 e. The maximum Gasteiger partial charge on any atom is 0.257 e. The Morgan fingerprint density at radius 2 is 2.17 bits per heavy atom. The first-order valence-corrected chi connectivity index (χ1v) is 8.87. The molecule has 0 bridgehead atoms. The van der Waals surface area contributed by atoms with Crippen LogP contribution in [0.4, 0.5) is 5.82 Å². The van der Waals surface area contributed by atoms with Gasteiger partial charge in [-0.15, -0.1) is 6.58 Å². The molecule has 1 atom stereocenters. The van der Waals surface area contributed by atoms with Crippen molar-refractivity contribution in [3.63, 3.8) is 0 Å². The van der Waals surface area contributed by atoms with Crippen LogP contribution in [0.15, 0.2) is 40.8 Å². The van der Waals surface area contributed by atoms with Crippen LogP contribution in [0.2, 0.25) is 10.0 Å². The highest BCUT2D eigenvalue weighted by Crippen LogP contribution is 2.39. The third kappa shape index (κ3) is 3.22. The highest BCUT2D eigenvalue weighted by molar-refractivity contribution is 7.99. The third-order valence-corrected chi connectivity index (χ3v) is 5.33. The van der Waals surface area contributed by atoms with Gasteiger partial charge in [-0.2, -0.15) is 0 Å². The number of anilines is 1. The van der Waals surface area contributed by atoms with Gasteiger partial charge in [-0.1, -0.05) is 53.2 Å². The minimum Gasteiger partial charge on any atom is -0.310 e. The van der Waals surface area contributed by atoms with Gasteiger partial charge in [0, 0.05) is 18.1 Å². The van der Waals surface area contributed by atoms with E-state index in [2.05, 4.69) is 21.9 Å². The van der Waals surface area contributed by atoms with Crippen LogP contribution >= 0.6 is 35.0 Å². The molecule has 2 heterocycles. The average Bonchev–Trinajstić information content (AvgIpc) is 2.54. The molecule has 8 heteroatoms. The van der Waals surface area contributed by atoms with Crippen LogP contribution in [-0.2, 0) is 4.79 Å². The summed E-state index contributed by atoms with van der Waals surface area (Å²) in [6, 6.07) is 5.17. The number of thioether (sulfide) groups is 1. The molecule has 1 aromatic heterocycles. The molecule has 0 aliphatic carbocycles. The van der Waals surface area contributed by atoms with Crippen molar-refractivity contribution in [2.45, 2.75) is 17.5 Å². The Hall–Kier alpha value is -1.76. The first-order valence-electron chi connectivity index (χ1n) is 7.13. The van der Waals surface area contributed by atoms with Crippen molar-refractivity contribution >= 4 is 46.7 Å². The Labute approximate surface area is 152 Å². The molecule has 5 nitrogen and oxygen atoms in total. The number of rotatable bonds is 4. The van der Waals surface area contributed by atoms with Gasteiger partial charge in [0.15, 0.2) is 5.16 Å². The van der Waals surface area contributed by atoms with Crippen molar-refractivity contribution in [3.05, 3.63) is 62.4 Å². The van der Waals surface area contributed by atoms with E-state index in [-0.39, 0.29) is 23.7 Å². The Balaban J connectivity index is 2.13. The standard InChI is InChI=1S/C16H13Cl2N3O2S/c1-2-6-24-16-20-14-12(15(23)21-16)9(7-11(22)19-14)8-4-3-5-10(17)13(8)18/h2-5,9H,1,6-7H2,(H2,19,20,21,22,23). The number of nitrogens with zero attached hydrogens (tertiary/aromatic N) is 1. The lowest BCUT2D eigenvalue weighted by Gasteiger charge is -2.25. The van der Waals surface area contributed by atoms with Crippen molar-refractivity contribution in [1.29, 1.82) is 0 Å². The molecule has 124 valence electrons. The fourth-order valence-electron chi connectivity index (χ4n) is 2.61. The van der Waals surface area contributed by atoms with Crippen LogP contribution in [0.25, 0.3) is 0 Å². The van der Waals surface area contributed by atoms with Gasteiger partial charge < -0.3 is 10.3 Å². The summed E-state index contributed by atoms with van der Waals surface area (Å²) in [6.07, 6.45) is 1.81. The minimum atomic E-state index is -0.491. The molecular formula is C16H13Cl2N3O2S. The second-order valence-electron chi connectivity index (χ2n) is 5.18. The monoisotopic (exact) mass is 381 g/mol. The number of carbonyl (C=O) groups excluding carboxylic acids is 1. The SMILES string of the molecule is C=CCSc1nc2c(c(=O)[nH]1)C(c1cccc(Cl)c1Cl)CC(=O)N2. The van der Waals surface area contributed by atoms with E-state index in [9.17, 15) is 9.59 Å². The topological polar surface area (TPSA) is 74.8 Å². The first kappa shape index (κ1) is 17.1. The van der Waals surface area contributed by atoms with Gasteiger partial charge in [-0.25, -0.2) is 4.98 Å². The molecule has 2 N–H and O–H groups in total. The number of benzene rings is 1. The predicted molar refractivity (Wildman–Crippen MR) is 97.3 cm³/mol. The van der Waals surface area contributed by atoms with Crippen LogP contribution < -0.4 is 10.9 Å². The molecule has 1 aromatic carbocycles. The van der Waals surface area contributed by atoms with E-state index in [4.69, 9.17) is 23.2 Å². The van der Waals surface area contributed by atoms with E-state index < -0.39 is 5.92 Å². The molecule has 1 aliphatic heterocycles. The predicted octanol–water partition coefficient (Wildman–Crippen LogP) is 3.83. The number of fused-ring (bicyclic) bond motifs is 1. The zero-order valence-electron chi connectivity index (χ0n) is 12.4. The van der Waals surface area contributed by atoms with E-state index >= 15 is 0 Å². The Kier molecular flexibility index (Phi) is 4.99. The number of aromatic amines is 1. The number of amides is 1. The molecular weight excluding hydrogens is 369 g/mol. The first-order chi connectivity index (χ1) is 11.5. The summed E-state index contributed by atoms with van der Waals surface area (Å²) in [5.74, 6) is 0.151. The van der Waals surface area contributed by atoms with Crippen LogP contribution in [0.1, 0.15) is 23.5 Å². The second kappa shape index (κ2) is 7.01. The highest BCUT2D eigenvalue weighted by atomic mass is 35.5. The summed E-state index contributed by atoms with van der Waals surface area (Å²) in [5.41, 5.74) is 0.730. The van der Waals surface area contributed by atoms with E-state index in [1.807, 2.05) is 0 Å². The van der Waals surface area contributed by atoms with Crippen LogP contribution in [0, 0.1) is 0 Å². The van der Waals surface area contributed by atoms with Crippen LogP contribution in [0.5, 0.6) is 0 Å². The number of hydrogen-bond donors (Lipinski definition) is 2.